The lowest BCUT2D eigenvalue weighted by Gasteiger charge is -2.07. The summed E-state index contributed by atoms with van der Waals surface area (Å²) in [6.07, 6.45) is 0.888. The van der Waals surface area contributed by atoms with Gasteiger partial charge in [0.05, 0.1) is 0 Å². The molecule has 0 radical (unpaired) electrons. The van der Waals surface area contributed by atoms with E-state index in [4.69, 9.17) is 10.5 Å². The van der Waals surface area contributed by atoms with Crippen molar-refractivity contribution in [2.75, 3.05) is 6.54 Å². The Balaban J connectivity index is 1.91. The van der Waals surface area contributed by atoms with E-state index < -0.39 is 0 Å². The van der Waals surface area contributed by atoms with Crippen molar-refractivity contribution in [2.24, 2.45) is 5.73 Å². The van der Waals surface area contributed by atoms with Crippen molar-refractivity contribution in [2.45, 2.75) is 13.0 Å². The minimum atomic E-state index is -0.256. The van der Waals surface area contributed by atoms with Crippen LogP contribution in [-0.2, 0) is 13.0 Å². The van der Waals surface area contributed by atoms with Gasteiger partial charge in [0.1, 0.15) is 18.2 Å². The molecule has 0 fully saturated rings. The van der Waals surface area contributed by atoms with Gasteiger partial charge in [0.25, 0.3) is 0 Å². The molecule has 2 rings (SSSR count). The van der Waals surface area contributed by atoms with E-state index in [0.29, 0.717) is 18.9 Å². The van der Waals surface area contributed by atoms with Crippen LogP contribution < -0.4 is 10.5 Å². The number of ether oxygens (including phenoxy) is 1. The van der Waals surface area contributed by atoms with E-state index >= 15 is 0 Å². The molecule has 0 unspecified atom stereocenters. The van der Waals surface area contributed by atoms with Crippen LogP contribution >= 0.6 is 0 Å². The number of nitrogens with two attached hydrogens (primary N) is 1. The minimum Gasteiger partial charge on any atom is -0.489 e. The molecule has 0 aromatic heterocycles. The zero-order valence-electron chi connectivity index (χ0n) is 10.1. The molecule has 2 N–H and O–H groups in total. The van der Waals surface area contributed by atoms with E-state index in [0.717, 1.165) is 12.0 Å². The largest absolute Gasteiger partial charge is 0.489 e. The quantitative estimate of drug-likeness (QED) is 0.879. The molecule has 0 aliphatic rings. The lowest BCUT2D eigenvalue weighted by atomic mass is 10.1. The first-order chi connectivity index (χ1) is 8.78. The van der Waals surface area contributed by atoms with Gasteiger partial charge in [-0.1, -0.05) is 24.3 Å². The average molecular weight is 245 g/mol. The molecule has 2 aromatic rings. The molecule has 0 aliphatic heterocycles. The van der Waals surface area contributed by atoms with E-state index in [-0.39, 0.29) is 5.82 Å². The average Bonchev–Trinajstić information content (AvgIpc) is 2.40. The molecule has 3 heteroatoms. The highest BCUT2D eigenvalue weighted by Gasteiger charge is 1.97. The second-order valence-electron chi connectivity index (χ2n) is 4.10. The Morgan fingerprint density at radius 3 is 2.11 bits per heavy atom. The Bertz CT molecular complexity index is 479. The second-order valence-corrected chi connectivity index (χ2v) is 4.10. The van der Waals surface area contributed by atoms with Crippen LogP contribution in [0.2, 0.25) is 0 Å². The van der Waals surface area contributed by atoms with Crippen molar-refractivity contribution < 1.29 is 9.13 Å². The highest BCUT2D eigenvalue weighted by molar-refractivity contribution is 5.25. The van der Waals surface area contributed by atoms with Gasteiger partial charge in [0, 0.05) is 0 Å². The normalized spacial score (nSPS) is 10.3. The van der Waals surface area contributed by atoms with Gasteiger partial charge >= 0.3 is 0 Å². The van der Waals surface area contributed by atoms with Crippen LogP contribution in [0.3, 0.4) is 0 Å². The van der Waals surface area contributed by atoms with Crippen LogP contribution in [-0.4, -0.2) is 6.54 Å². The van der Waals surface area contributed by atoms with Gasteiger partial charge in [-0.15, -0.1) is 0 Å². The Hall–Kier alpha value is -1.87. The van der Waals surface area contributed by atoms with E-state index in [1.807, 2.05) is 12.1 Å². The van der Waals surface area contributed by atoms with Crippen molar-refractivity contribution >= 4 is 0 Å². The summed E-state index contributed by atoms with van der Waals surface area (Å²) in [5.74, 6) is 0.413. The first-order valence-electron chi connectivity index (χ1n) is 5.94. The molecule has 0 saturated carbocycles. The van der Waals surface area contributed by atoms with Crippen LogP contribution in [0.1, 0.15) is 11.1 Å². The Morgan fingerprint density at radius 2 is 1.50 bits per heavy atom. The van der Waals surface area contributed by atoms with Gasteiger partial charge in [0.15, 0.2) is 0 Å². The van der Waals surface area contributed by atoms with E-state index in [2.05, 4.69) is 12.1 Å². The molecule has 0 heterocycles. The lowest BCUT2D eigenvalue weighted by Crippen LogP contribution is -2.02. The first-order valence-corrected chi connectivity index (χ1v) is 5.94. The number of halogens is 1. The minimum absolute atomic E-state index is 0.256. The molecule has 2 aromatic carbocycles. The third kappa shape index (κ3) is 3.57. The highest BCUT2D eigenvalue weighted by Crippen LogP contribution is 2.14. The summed E-state index contributed by atoms with van der Waals surface area (Å²) in [6.45, 7) is 1.14. The van der Waals surface area contributed by atoms with Crippen molar-refractivity contribution in [3.63, 3.8) is 0 Å². The third-order valence-electron chi connectivity index (χ3n) is 2.68. The Labute approximate surface area is 106 Å². The molecule has 94 valence electrons. The van der Waals surface area contributed by atoms with Crippen molar-refractivity contribution in [1.29, 1.82) is 0 Å². The van der Waals surface area contributed by atoms with Crippen LogP contribution in [0.4, 0.5) is 4.39 Å². The molecule has 0 bridgehead atoms. The first kappa shape index (κ1) is 12.6. The van der Waals surface area contributed by atoms with Crippen LogP contribution in [0.5, 0.6) is 5.75 Å². The Morgan fingerprint density at radius 1 is 0.889 bits per heavy atom. The molecule has 0 amide bonds. The fourth-order valence-electron chi connectivity index (χ4n) is 1.67. The van der Waals surface area contributed by atoms with Gasteiger partial charge in [-0.05, 0) is 48.4 Å². The Kier molecular flexibility index (Phi) is 4.31. The summed E-state index contributed by atoms with van der Waals surface area (Å²) in [7, 11) is 0. The maximum Gasteiger partial charge on any atom is 0.123 e. The number of rotatable bonds is 5. The topological polar surface area (TPSA) is 35.2 Å². The zero-order valence-corrected chi connectivity index (χ0v) is 10.1. The number of hydrogen-bond donors (Lipinski definition) is 1. The second kappa shape index (κ2) is 6.17. The maximum atomic E-state index is 12.7. The van der Waals surface area contributed by atoms with E-state index in [1.165, 1.54) is 17.7 Å². The van der Waals surface area contributed by atoms with Gasteiger partial charge < -0.3 is 10.5 Å². The molecule has 2 nitrogen and oxygen atoms in total. The van der Waals surface area contributed by atoms with E-state index in [9.17, 15) is 4.39 Å². The summed E-state index contributed by atoms with van der Waals surface area (Å²) in [4.78, 5) is 0. The molecular formula is C15H16FNO. The van der Waals surface area contributed by atoms with Crippen molar-refractivity contribution in [3.8, 4) is 5.75 Å². The number of hydrogen-bond acceptors (Lipinski definition) is 2. The molecule has 18 heavy (non-hydrogen) atoms. The summed E-state index contributed by atoms with van der Waals surface area (Å²) in [6, 6.07) is 14.2. The van der Waals surface area contributed by atoms with Gasteiger partial charge in [-0.2, -0.15) is 0 Å². The molecule has 0 atom stereocenters. The predicted octanol–water partition coefficient (Wildman–Crippen LogP) is 2.91. The zero-order chi connectivity index (χ0) is 12.8. The van der Waals surface area contributed by atoms with Gasteiger partial charge in [0.2, 0.25) is 0 Å². The smallest absolute Gasteiger partial charge is 0.123 e. The van der Waals surface area contributed by atoms with Gasteiger partial charge in [-0.25, -0.2) is 4.39 Å². The maximum absolute atomic E-state index is 12.7. The number of benzene rings is 2. The van der Waals surface area contributed by atoms with Crippen LogP contribution in [0.25, 0.3) is 0 Å². The lowest BCUT2D eigenvalue weighted by molar-refractivity contribution is 0.305. The molecule has 0 saturated heterocycles. The monoisotopic (exact) mass is 245 g/mol. The molecule has 0 aliphatic carbocycles. The fraction of sp³-hybridized carbons (Fsp3) is 0.200. The third-order valence-corrected chi connectivity index (χ3v) is 2.68. The summed E-state index contributed by atoms with van der Waals surface area (Å²) in [5, 5.41) is 0. The van der Waals surface area contributed by atoms with Crippen molar-refractivity contribution in [1.82, 2.24) is 0 Å². The standard InChI is InChI=1S/C15H16FNO/c16-14-5-7-15(8-6-14)18-11-13-3-1-12(2-4-13)9-10-17/h1-8H,9-11,17H2. The van der Waals surface area contributed by atoms with Gasteiger partial charge in [-0.3, -0.25) is 0 Å². The highest BCUT2D eigenvalue weighted by atomic mass is 19.1. The van der Waals surface area contributed by atoms with Crippen LogP contribution in [0.15, 0.2) is 48.5 Å². The van der Waals surface area contributed by atoms with Crippen LogP contribution in [0, 0.1) is 5.82 Å². The predicted molar refractivity (Wildman–Crippen MR) is 69.9 cm³/mol. The summed E-state index contributed by atoms with van der Waals surface area (Å²) >= 11 is 0. The SMILES string of the molecule is NCCc1ccc(COc2ccc(F)cc2)cc1. The molecule has 0 spiro atoms. The van der Waals surface area contributed by atoms with E-state index in [1.54, 1.807) is 12.1 Å². The summed E-state index contributed by atoms with van der Waals surface area (Å²) in [5.41, 5.74) is 7.80. The van der Waals surface area contributed by atoms with Crippen molar-refractivity contribution in [3.05, 3.63) is 65.5 Å². The summed E-state index contributed by atoms with van der Waals surface area (Å²) < 4.78 is 18.3. The molecular weight excluding hydrogens is 229 g/mol. The fourth-order valence-corrected chi connectivity index (χ4v) is 1.67.